The van der Waals surface area contributed by atoms with E-state index in [4.69, 9.17) is 4.74 Å². The quantitative estimate of drug-likeness (QED) is 0.750. The van der Waals surface area contributed by atoms with E-state index in [1.807, 2.05) is 13.8 Å². The second-order valence-electron chi connectivity index (χ2n) is 5.53. The van der Waals surface area contributed by atoms with E-state index in [2.05, 4.69) is 23.9 Å². The van der Waals surface area contributed by atoms with Gasteiger partial charge in [0.1, 0.15) is 0 Å². The first kappa shape index (κ1) is 14.9. The summed E-state index contributed by atoms with van der Waals surface area (Å²) < 4.78 is 5.42. The van der Waals surface area contributed by atoms with Crippen LogP contribution >= 0.6 is 0 Å². The molecule has 102 valence electrons. The van der Waals surface area contributed by atoms with E-state index in [1.54, 1.807) is 0 Å². The van der Waals surface area contributed by atoms with Gasteiger partial charge in [0, 0.05) is 12.6 Å². The molecule has 1 heterocycles. The van der Waals surface area contributed by atoms with Crippen LogP contribution in [-0.2, 0) is 4.74 Å². The Morgan fingerprint density at radius 3 is 2.35 bits per heavy atom. The highest BCUT2D eigenvalue weighted by atomic mass is 16.5. The van der Waals surface area contributed by atoms with Crippen LogP contribution in [0.4, 0.5) is 0 Å². The average Bonchev–Trinajstić information content (AvgIpc) is 2.27. The van der Waals surface area contributed by atoms with Crippen molar-refractivity contribution in [3.05, 3.63) is 0 Å². The van der Waals surface area contributed by atoms with Crippen LogP contribution in [0, 0.1) is 0 Å². The molecule has 0 radical (unpaired) electrons. The minimum Gasteiger partial charge on any atom is -0.389 e. The lowest BCUT2D eigenvalue weighted by Gasteiger charge is -2.36. The van der Waals surface area contributed by atoms with E-state index in [0.29, 0.717) is 12.6 Å². The van der Waals surface area contributed by atoms with Crippen molar-refractivity contribution in [1.82, 2.24) is 9.80 Å². The fraction of sp³-hybridized carbons (Fsp3) is 1.00. The molecule has 1 unspecified atom stereocenters. The third-order valence-electron chi connectivity index (χ3n) is 3.38. The van der Waals surface area contributed by atoms with Gasteiger partial charge in [0.05, 0.1) is 18.8 Å². The number of aliphatic hydroxyl groups excluding tert-OH is 1. The Balaban J connectivity index is 2.17. The smallest absolute Gasteiger partial charge is 0.0900 e. The van der Waals surface area contributed by atoms with Crippen molar-refractivity contribution in [3.8, 4) is 0 Å². The summed E-state index contributed by atoms with van der Waals surface area (Å²) in [5, 5.41) is 9.85. The van der Waals surface area contributed by atoms with E-state index in [-0.39, 0.29) is 12.2 Å². The van der Waals surface area contributed by atoms with E-state index < -0.39 is 0 Å². The zero-order chi connectivity index (χ0) is 12.8. The number of likely N-dealkylation sites (tertiary alicyclic amines) is 1. The summed E-state index contributed by atoms with van der Waals surface area (Å²) in [4.78, 5) is 4.64. The van der Waals surface area contributed by atoms with Crippen LogP contribution in [0.3, 0.4) is 0 Å². The summed E-state index contributed by atoms with van der Waals surface area (Å²) in [5.41, 5.74) is 0. The van der Waals surface area contributed by atoms with Crippen molar-refractivity contribution in [3.63, 3.8) is 0 Å². The number of rotatable bonds is 6. The summed E-state index contributed by atoms with van der Waals surface area (Å²) in [7, 11) is 4.29. The lowest BCUT2D eigenvalue weighted by molar-refractivity contribution is -0.0132. The second kappa shape index (κ2) is 7.31. The van der Waals surface area contributed by atoms with Crippen molar-refractivity contribution in [1.29, 1.82) is 0 Å². The normalized spacial score (nSPS) is 21.4. The molecule has 1 atom stereocenters. The van der Waals surface area contributed by atoms with E-state index in [1.165, 1.54) is 12.8 Å². The average molecular weight is 244 g/mol. The van der Waals surface area contributed by atoms with Gasteiger partial charge in [-0.2, -0.15) is 0 Å². The fourth-order valence-corrected chi connectivity index (χ4v) is 2.27. The number of nitrogens with zero attached hydrogens (tertiary/aromatic N) is 2. The molecular weight excluding hydrogens is 216 g/mol. The van der Waals surface area contributed by atoms with Crippen LogP contribution in [0.2, 0.25) is 0 Å². The molecule has 1 N–H and O–H groups in total. The SMILES string of the molecule is CC(C)OCC(O)CN1CCC(N(C)C)CC1. The molecule has 0 amide bonds. The minimum atomic E-state index is -0.353. The molecular formula is C13H28N2O2. The van der Waals surface area contributed by atoms with Gasteiger partial charge in [-0.25, -0.2) is 0 Å². The minimum absolute atomic E-state index is 0.198. The van der Waals surface area contributed by atoms with Crippen molar-refractivity contribution >= 4 is 0 Å². The highest BCUT2D eigenvalue weighted by Crippen LogP contribution is 2.14. The van der Waals surface area contributed by atoms with Gasteiger partial charge in [-0.3, -0.25) is 0 Å². The van der Waals surface area contributed by atoms with Gasteiger partial charge in [-0.1, -0.05) is 0 Å². The van der Waals surface area contributed by atoms with Gasteiger partial charge < -0.3 is 19.6 Å². The molecule has 0 aromatic heterocycles. The molecule has 0 bridgehead atoms. The van der Waals surface area contributed by atoms with Crippen molar-refractivity contribution < 1.29 is 9.84 Å². The molecule has 1 saturated heterocycles. The highest BCUT2D eigenvalue weighted by Gasteiger charge is 2.22. The Bertz CT molecular complexity index is 202. The lowest BCUT2D eigenvalue weighted by atomic mass is 10.0. The molecule has 0 aliphatic carbocycles. The van der Waals surface area contributed by atoms with E-state index >= 15 is 0 Å². The Morgan fingerprint density at radius 2 is 1.88 bits per heavy atom. The number of piperidine rings is 1. The van der Waals surface area contributed by atoms with Crippen LogP contribution < -0.4 is 0 Å². The maximum atomic E-state index is 9.85. The van der Waals surface area contributed by atoms with E-state index in [0.717, 1.165) is 19.6 Å². The molecule has 4 heteroatoms. The summed E-state index contributed by atoms with van der Waals surface area (Å²) in [6.07, 6.45) is 2.24. The molecule has 0 spiro atoms. The molecule has 1 aliphatic heterocycles. The molecule has 1 fully saturated rings. The highest BCUT2D eigenvalue weighted by molar-refractivity contribution is 4.78. The third-order valence-corrected chi connectivity index (χ3v) is 3.38. The first-order valence-corrected chi connectivity index (χ1v) is 6.67. The maximum Gasteiger partial charge on any atom is 0.0900 e. The number of aliphatic hydroxyl groups is 1. The van der Waals surface area contributed by atoms with Crippen LogP contribution in [-0.4, -0.2) is 73.5 Å². The van der Waals surface area contributed by atoms with Crippen LogP contribution in [0.5, 0.6) is 0 Å². The van der Waals surface area contributed by atoms with Crippen molar-refractivity contribution in [2.24, 2.45) is 0 Å². The third kappa shape index (κ3) is 5.82. The first-order valence-electron chi connectivity index (χ1n) is 6.67. The molecule has 1 aliphatic rings. The summed E-state index contributed by atoms with van der Waals surface area (Å²) in [6.45, 7) is 7.35. The zero-order valence-corrected chi connectivity index (χ0v) is 11.7. The van der Waals surface area contributed by atoms with Crippen molar-refractivity contribution in [2.45, 2.75) is 44.9 Å². The first-order chi connectivity index (χ1) is 7.99. The van der Waals surface area contributed by atoms with E-state index in [9.17, 15) is 5.11 Å². The molecule has 1 rings (SSSR count). The number of hydrogen-bond acceptors (Lipinski definition) is 4. The van der Waals surface area contributed by atoms with Gasteiger partial charge in [-0.05, 0) is 53.9 Å². The summed E-state index contributed by atoms with van der Waals surface area (Å²) >= 11 is 0. The molecule has 4 nitrogen and oxygen atoms in total. The number of β-amino-alcohol motifs (C(OH)–C–C–N with tert-alkyl or cyclic N) is 1. The van der Waals surface area contributed by atoms with Crippen LogP contribution in [0.25, 0.3) is 0 Å². The van der Waals surface area contributed by atoms with Gasteiger partial charge >= 0.3 is 0 Å². The number of ether oxygens (including phenoxy) is 1. The fourth-order valence-electron chi connectivity index (χ4n) is 2.27. The zero-order valence-electron chi connectivity index (χ0n) is 11.7. The number of hydrogen-bond donors (Lipinski definition) is 1. The Hall–Kier alpha value is -0.160. The molecule has 17 heavy (non-hydrogen) atoms. The molecule has 0 aromatic carbocycles. The summed E-state index contributed by atoms with van der Waals surface area (Å²) in [5.74, 6) is 0. The Kier molecular flexibility index (Phi) is 6.41. The largest absolute Gasteiger partial charge is 0.389 e. The van der Waals surface area contributed by atoms with Gasteiger partial charge in [-0.15, -0.1) is 0 Å². The predicted octanol–water partition coefficient (Wildman–Crippen LogP) is 0.798. The van der Waals surface area contributed by atoms with Crippen LogP contribution in [0.15, 0.2) is 0 Å². The standard InChI is InChI=1S/C13H28N2O2/c1-11(2)17-10-13(16)9-15-7-5-12(6-8-15)14(3)4/h11-13,16H,5-10H2,1-4H3. The molecule has 0 saturated carbocycles. The Labute approximate surface area is 106 Å². The van der Waals surface area contributed by atoms with Gasteiger partial charge in [0.15, 0.2) is 0 Å². The van der Waals surface area contributed by atoms with Crippen molar-refractivity contribution in [2.75, 3.05) is 40.3 Å². The van der Waals surface area contributed by atoms with Gasteiger partial charge in [0.2, 0.25) is 0 Å². The Morgan fingerprint density at radius 1 is 1.29 bits per heavy atom. The monoisotopic (exact) mass is 244 g/mol. The second-order valence-corrected chi connectivity index (χ2v) is 5.53. The van der Waals surface area contributed by atoms with Gasteiger partial charge in [0.25, 0.3) is 0 Å². The molecule has 0 aromatic rings. The summed E-state index contributed by atoms with van der Waals surface area (Å²) in [6, 6.07) is 0.704. The predicted molar refractivity (Wildman–Crippen MR) is 70.2 cm³/mol. The lowest BCUT2D eigenvalue weighted by Crippen LogP contribution is -2.45. The maximum absolute atomic E-state index is 9.85. The van der Waals surface area contributed by atoms with Crippen LogP contribution in [0.1, 0.15) is 26.7 Å². The topological polar surface area (TPSA) is 35.9 Å².